The number of piperidine rings is 2. The number of hydrogen-bond acceptors (Lipinski definition) is 2. The summed E-state index contributed by atoms with van der Waals surface area (Å²) >= 11 is 0. The average molecular weight is 278 g/mol. The minimum atomic E-state index is 0.391. The summed E-state index contributed by atoms with van der Waals surface area (Å²) in [5.74, 6) is 1.96. The SMILES string of the molecule is CC1CCCN(C(=O)CN2CCCC3CCCCC32)C1. The van der Waals surface area contributed by atoms with Crippen LogP contribution in [0.1, 0.15) is 58.3 Å². The molecule has 0 N–H and O–H groups in total. The molecule has 3 heteroatoms. The molecular formula is C17H30N2O. The van der Waals surface area contributed by atoms with Gasteiger partial charge in [0.25, 0.3) is 0 Å². The lowest BCUT2D eigenvalue weighted by Crippen LogP contribution is -2.52. The second-order valence-electron chi connectivity index (χ2n) is 7.31. The second kappa shape index (κ2) is 6.46. The maximum Gasteiger partial charge on any atom is 0.236 e. The number of likely N-dealkylation sites (tertiary alicyclic amines) is 2. The summed E-state index contributed by atoms with van der Waals surface area (Å²) in [7, 11) is 0. The van der Waals surface area contributed by atoms with Crippen molar-refractivity contribution in [3.8, 4) is 0 Å². The molecule has 0 aromatic rings. The Hall–Kier alpha value is -0.570. The molecule has 0 aromatic heterocycles. The molecule has 1 saturated carbocycles. The van der Waals surface area contributed by atoms with E-state index in [9.17, 15) is 4.79 Å². The minimum absolute atomic E-state index is 0.391. The van der Waals surface area contributed by atoms with E-state index in [0.717, 1.165) is 25.6 Å². The van der Waals surface area contributed by atoms with Gasteiger partial charge in [-0.3, -0.25) is 9.69 Å². The highest BCUT2D eigenvalue weighted by molar-refractivity contribution is 5.78. The van der Waals surface area contributed by atoms with Crippen molar-refractivity contribution in [1.82, 2.24) is 9.80 Å². The maximum atomic E-state index is 12.6. The highest BCUT2D eigenvalue weighted by Gasteiger charge is 2.34. The van der Waals surface area contributed by atoms with Gasteiger partial charge in [-0.1, -0.05) is 19.8 Å². The molecule has 114 valence electrons. The highest BCUT2D eigenvalue weighted by atomic mass is 16.2. The zero-order valence-corrected chi connectivity index (χ0v) is 13.0. The van der Waals surface area contributed by atoms with Gasteiger partial charge in [-0.25, -0.2) is 0 Å². The predicted molar refractivity (Wildman–Crippen MR) is 81.5 cm³/mol. The van der Waals surface area contributed by atoms with Crippen LogP contribution >= 0.6 is 0 Å². The molecule has 3 rings (SSSR count). The summed E-state index contributed by atoms with van der Waals surface area (Å²) in [4.78, 5) is 17.2. The maximum absolute atomic E-state index is 12.6. The Labute approximate surface area is 123 Å². The molecule has 0 radical (unpaired) electrons. The fourth-order valence-electron chi connectivity index (χ4n) is 4.61. The number of carbonyl (C=O) groups is 1. The van der Waals surface area contributed by atoms with Gasteiger partial charge in [-0.2, -0.15) is 0 Å². The first-order chi connectivity index (χ1) is 9.74. The zero-order chi connectivity index (χ0) is 13.9. The third kappa shape index (κ3) is 3.19. The summed E-state index contributed by atoms with van der Waals surface area (Å²) in [6.07, 6.45) is 10.7. The van der Waals surface area contributed by atoms with Crippen LogP contribution in [0.4, 0.5) is 0 Å². The van der Waals surface area contributed by atoms with E-state index < -0.39 is 0 Å². The van der Waals surface area contributed by atoms with Crippen molar-refractivity contribution < 1.29 is 4.79 Å². The van der Waals surface area contributed by atoms with Gasteiger partial charge in [0, 0.05) is 19.1 Å². The van der Waals surface area contributed by atoms with Crippen LogP contribution in [0.25, 0.3) is 0 Å². The lowest BCUT2D eigenvalue weighted by molar-refractivity contribution is -0.135. The van der Waals surface area contributed by atoms with Gasteiger partial charge < -0.3 is 4.90 Å². The Balaban J connectivity index is 1.57. The first kappa shape index (κ1) is 14.4. The van der Waals surface area contributed by atoms with Crippen LogP contribution in [0.15, 0.2) is 0 Å². The quantitative estimate of drug-likeness (QED) is 0.775. The Bertz CT molecular complexity index is 342. The zero-order valence-electron chi connectivity index (χ0n) is 13.0. The van der Waals surface area contributed by atoms with Gasteiger partial charge >= 0.3 is 0 Å². The van der Waals surface area contributed by atoms with E-state index >= 15 is 0 Å². The number of carbonyl (C=O) groups excluding carboxylic acids is 1. The van der Waals surface area contributed by atoms with Crippen molar-refractivity contribution in [3.05, 3.63) is 0 Å². The number of hydrogen-bond donors (Lipinski definition) is 0. The molecule has 3 atom stereocenters. The summed E-state index contributed by atoms with van der Waals surface area (Å²) in [6.45, 7) is 6.09. The van der Waals surface area contributed by atoms with E-state index in [1.165, 1.54) is 51.4 Å². The summed E-state index contributed by atoms with van der Waals surface area (Å²) < 4.78 is 0. The molecule has 2 saturated heterocycles. The number of rotatable bonds is 2. The Kier molecular flexibility index (Phi) is 4.65. The number of nitrogens with zero attached hydrogens (tertiary/aromatic N) is 2. The lowest BCUT2D eigenvalue weighted by Gasteiger charge is -2.44. The van der Waals surface area contributed by atoms with Gasteiger partial charge in [0.1, 0.15) is 0 Å². The fourth-order valence-corrected chi connectivity index (χ4v) is 4.61. The summed E-state index contributed by atoms with van der Waals surface area (Å²) in [5, 5.41) is 0. The standard InChI is InChI=1S/C17H30N2O/c1-14-6-4-11-19(12-14)17(20)13-18-10-5-8-15-7-2-3-9-16(15)18/h14-16H,2-13H2,1H3. The summed E-state index contributed by atoms with van der Waals surface area (Å²) in [6, 6.07) is 0.712. The van der Waals surface area contributed by atoms with E-state index in [4.69, 9.17) is 0 Å². The van der Waals surface area contributed by atoms with E-state index in [2.05, 4.69) is 16.7 Å². The van der Waals surface area contributed by atoms with Crippen molar-refractivity contribution >= 4 is 5.91 Å². The molecular weight excluding hydrogens is 248 g/mol. The average Bonchev–Trinajstić information content (AvgIpc) is 2.47. The normalized spacial score (nSPS) is 35.6. The van der Waals surface area contributed by atoms with Crippen LogP contribution < -0.4 is 0 Å². The third-order valence-corrected chi connectivity index (χ3v) is 5.71. The van der Waals surface area contributed by atoms with Crippen LogP contribution in [-0.4, -0.2) is 47.9 Å². The minimum Gasteiger partial charge on any atom is -0.341 e. The molecule has 1 aliphatic carbocycles. The molecule has 0 bridgehead atoms. The van der Waals surface area contributed by atoms with E-state index in [1.807, 2.05) is 0 Å². The monoisotopic (exact) mass is 278 g/mol. The third-order valence-electron chi connectivity index (χ3n) is 5.71. The van der Waals surface area contributed by atoms with Crippen LogP contribution in [0.5, 0.6) is 0 Å². The Morgan fingerprint density at radius 1 is 1.00 bits per heavy atom. The van der Waals surface area contributed by atoms with Gasteiger partial charge in [-0.05, 0) is 56.9 Å². The molecule has 0 spiro atoms. The summed E-state index contributed by atoms with van der Waals surface area (Å²) in [5.41, 5.74) is 0. The van der Waals surface area contributed by atoms with Crippen LogP contribution in [0.3, 0.4) is 0 Å². The van der Waals surface area contributed by atoms with Gasteiger partial charge in [0.05, 0.1) is 6.54 Å². The second-order valence-corrected chi connectivity index (χ2v) is 7.31. The first-order valence-corrected chi connectivity index (χ1v) is 8.76. The van der Waals surface area contributed by atoms with E-state index in [-0.39, 0.29) is 0 Å². The predicted octanol–water partition coefficient (Wildman–Crippen LogP) is 2.90. The molecule has 20 heavy (non-hydrogen) atoms. The van der Waals surface area contributed by atoms with Crippen LogP contribution in [0.2, 0.25) is 0 Å². The van der Waals surface area contributed by atoms with Crippen molar-refractivity contribution in [3.63, 3.8) is 0 Å². The molecule has 3 nitrogen and oxygen atoms in total. The molecule has 2 aliphatic heterocycles. The van der Waals surface area contributed by atoms with Crippen LogP contribution in [0, 0.1) is 11.8 Å². The van der Waals surface area contributed by atoms with Gasteiger partial charge in [0.15, 0.2) is 0 Å². The van der Waals surface area contributed by atoms with Crippen molar-refractivity contribution in [2.75, 3.05) is 26.2 Å². The smallest absolute Gasteiger partial charge is 0.236 e. The van der Waals surface area contributed by atoms with Crippen molar-refractivity contribution in [2.45, 2.75) is 64.3 Å². The van der Waals surface area contributed by atoms with Gasteiger partial charge in [0.2, 0.25) is 5.91 Å². The Morgan fingerprint density at radius 2 is 1.75 bits per heavy atom. The molecule has 2 heterocycles. The fraction of sp³-hybridized carbons (Fsp3) is 0.941. The largest absolute Gasteiger partial charge is 0.341 e. The molecule has 1 amide bonds. The Morgan fingerprint density at radius 3 is 2.60 bits per heavy atom. The van der Waals surface area contributed by atoms with Crippen LogP contribution in [-0.2, 0) is 4.79 Å². The lowest BCUT2D eigenvalue weighted by atomic mass is 9.78. The van der Waals surface area contributed by atoms with E-state index in [0.29, 0.717) is 24.4 Å². The van der Waals surface area contributed by atoms with E-state index in [1.54, 1.807) is 0 Å². The number of fused-ring (bicyclic) bond motifs is 1. The molecule has 0 aromatic carbocycles. The first-order valence-electron chi connectivity index (χ1n) is 8.76. The molecule has 3 unspecified atom stereocenters. The molecule has 3 aliphatic rings. The van der Waals surface area contributed by atoms with Gasteiger partial charge in [-0.15, -0.1) is 0 Å². The topological polar surface area (TPSA) is 23.6 Å². The highest BCUT2D eigenvalue weighted by Crippen LogP contribution is 2.35. The van der Waals surface area contributed by atoms with Crippen molar-refractivity contribution in [1.29, 1.82) is 0 Å². The molecule has 3 fully saturated rings. The van der Waals surface area contributed by atoms with Crippen molar-refractivity contribution in [2.24, 2.45) is 11.8 Å². The number of amides is 1.